The molecule has 3 aliphatic rings. The van der Waals surface area contributed by atoms with Crippen molar-refractivity contribution in [1.29, 1.82) is 0 Å². The molecule has 0 aromatic rings. The quantitative estimate of drug-likeness (QED) is 0.338. The van der Waals surface area contributed by atoms with E-state index in [0.717, 1.165) is 12.7 Å². The fraction of sp³-hybridized carbons (Fsp3) is 0.556. The first-order chi connectivity index (χ1) is 6.26. The van der Waals surface area contributed by atoms with E-state index in [-0.39, 0.29) is 17.9 Å². The summed E-state index contributed by atoms with van der Waals surface area (Å²) in [6.07, 6.45) is 4.42. The average Bonchev–Trinajstić information content (AvgIpc) is 2.72. The van der Waals surface area contributed by atoms with Crippen LogP contribution in [-0.2, 0) is 14.3 Å². The van der Waals surface area contributed by atoms with Crippen molar-refractivity contribution >= 4 is 12.4 Å². The van der Waals surface area contributed by atoms with E-state index >= 15 is 0 Å². The maximum atomic E-state index is 11.0. The average molecular weight is 180 g/mol. The number of ether oxygens (including phenoxy) is 2. The summed E-state index contributed by atoms with van der Waals surface area (Å²) < 4.78 is 9.95. The normalized spacial score (nSPS) is 50.2. The Kier molecular flexibility index (Phi) is 1.07. The highest BCUT2D eigenvalue weighted by molar-refractivity contribution is 5.77. The second kappa shape index (κ2) is 1.95. The molecule has 68 valence electrons. The highest BCUT2D eigenvalue weighted by Gasteiger charge is 2.65. The summed E-state index contributed by atoms with van der Waals surface area (Å²) in [5.74, 6) is 0.188. The minimum atomic E-state index is -1.00. The number of hydrogen-bond donors (Lipinski definition) is 0. The fourth-order valence-electron chi connectivity index (χ4n) is 2.60. The van der Waals surface area contributed by atoms with Gasteiger partial charge >= 0.3 is 6.16 Å². The first kappa shape index (κ1) is 7.12. The van der Waals surface area contributed by atoms with Gasteiger partial charge in [0.25, 0.3) is 0 Å². The highest BCUT2D eigenvalue weighted by atomic mass is 16.8. The molecule has 1 aliphatic heterocycles. The highest BCUT2D eigenvalue weighted by Crippen LogP contribution is 2.52. The number of fused-ring (bicyclic) bond motifs is 5. The smallest absolute Gasteiger partial charge is 0.426 e. The Hall–Kier alpha value is -1.32. The van der Waals surface area contributed by atoms with E-state index in [1.807, 2.05) is 12.2 Å². The second-order valence-corrected chi connectivity index (χ2v) is 3.75. The van der Waals surface area contributed by atoms with E-state index in [9.17, 15) is 9.59 Å². The second-order valence-electron chi connectivity index (χ2n) is 3.75. The molecular formula is C9H8O4. The van der Waals surface area contributed by atoms with E-state index < -0.39 is 11.8 Å². The van der Waals surface area contributed by atoms with Crippen LogP contribution in [0, 0.1) is 11.8 Å². The number of carbonyl (C=O) groups is 2. The molecule has 0 radical (unpaired) electrons. The molecular weight excluding hydrogens is 172 g/mol. The Balaban J connectivity index is 2.09. The number of rotatable bonds is 1. The van der Waals surface area contributed by atoms with Crippen molar-refractivity contribution in [2.24, 2.45) is 11.8 Å². The van der Waals surface area contributed by atoms with Gasteiger partial charge in [-0.2, -0.15) is 0 Å². The van der Waals surface area contributed by atoms with Crippen molar-refractivity contribution < 1.29 is 19.1 Å². The van der Waals surface area contributed by atoms with Crippen molar-refractivity contribution in [2.75, 3.05) is 0 Å². The Labute approximate surface area is 74.5 Å². The molecule has 13 heavy (non-hydrogen) atoms. The van der Waals surface area contributed by atoms with Crippen molar-refractivity contribution in [3.05, 3.63) is 12.2 Å². The van der Waals surface area contributed by atoms with Crippen LogP contribution in [-0.4, -0.2) is 24.1 Å². The van der Waals surface area contributed by atoms with Crippen LogP contribution < -0.4 is 0 Å². The van der Waals surface area contributed by atoms with Crippen LogP contribution in [0.25, 0.3) is 0 Å². The van der Waals surface area contributed by atoms with E-state index in [1.54, 1.807) is 0 Å². The lowest BCUT2D eigenvalue weighted by atomic mass is 9.87. The van der Waals surface area contributed by atoms with Crippen molar-refractivity contribution in [1.82, 2.24) is 0 Å². The molecule has 1 saturated heterocycles. The van der Waals surface area contributed by atoms with Crippen LogP contribution in [0.1, 0.15) is 6.42 Å². The third kappa shape index (κ3) is 0.632. The minimum absolute atomic E-state index is 0.0199. The summed E-state index contributed by atoms with van der Waals surface area (Å²) >= 11 is 0. The van der Waals surface area contributed by atoms with E-state index in [0.29, 0.717) is 0 Å². The molecule has 4 heteroatoms. The minimum Gasteiger partial charge on any atom is -0.426 e. The topological polar surface area (TPSA) is 52.6 Å². The van der Waals surface area contributed by atoms with Gasteiger partial charge in [0.2, 0.25) is 5.60 Å². The van der Waals surface area contributed by atoms with Gasteiger partial charge < -0.3 is 9.47 Å². The summed E-state index contributed by atoms with van der Waals surface area (Å²) in [6.45, 7) is 0. The van der Waals surface area contributed by atoms with Crippen molar-refractivity contribution in [3.63, 3.8) is 0 Å². The number of carbonyl (C=O) groups excluding carboxylic acids is 2. The maximum absolute atomic E-state index is 11.0. The molecule has 2 aliphatic carbocycles. The van der Waals surface area contributed by atoms with Gasteiger partial charge in [0.05, 0.1) is 0 Å². The zero-order valence-electron chi connectivity index (χ0n) is 6.80. The van der Waals surface area contributed by atoms with Gasteiger partial charge in [-0.05, 0) is 6.42 Å². The van der Waals surface area contributed by atoms with Crippen molar-refractivity contribution in [2.45, 2.75) is 18.1 Å². The molecule has 3 rings (SSSR count). The lowest BCUT2D eigenvalue weighted by molar-refractivity contribution is -0.125. The monoisotopic (exact) mass is 180 g/mol. The molecule has 0 amide bonds. The first-order valence-corrected chi connectivity index (χ1v) is 4.30. The summed E-state index contributed by atoms with van der Waals surface area (Å²) in [4.78, 5) is 21.9. The van der Waals surface area contributed by atoms with Gasteiger partial charge in [0.15, 0.2) is 12.4 Å². The Bertz CT molecular complexity index is 322. The van der Waals surface area contributed by atoms with Crippen LogP contribution in [0.3, 0.4) is 0 Å². The molecule has 1 heterocycles. The van der Waals surface area contributed by atoms with E-state index in [1.165, 1.54) is 0 Å². The van der Waals surface area contributed by atoms with E-state index in [2.05, 4.69) is 0 Å². The maximum Gasteiger partial charge on any atom is 0.509 e. The van der Waals surface area contributed by atoms with Crippen LogP contribution in [0.5, 0.6) is 0 Å². The molecule has 0 N–H and O–H groups in total. The third-order valence-corrected chi connectivity index (χ3v) is 3.20. The largest absolute Gasteiger partial charge is 0.509 e. The SMILES string of the molecule is O=C[C@]12OC(=O)O[C@H]1[C@H]1C=C[C@@H]2C1. The predicted molar refractivity (Wildman–Crippen MR) is 40.9 cm³/mol. The van der Waals surface area contributed by atoms with Crippen molar-refractivity contribution in [3.8, 4) is 0 Å². The zero-order valence-corrected chi connectivity index (χ0v) is 6.80. The van der Waals surface area contributed by atoms with Gasteiger partial charge in [0.1, 0.15) is 0 Å². The van der Waals surface area contributed by atoms with Crippen LogP contribution in [0.4, 0.5) is 4.79 Å². The van der Waals surface area contributed by atoms with Gasteiger partial charge in [-0.1, -0.05) is 12.2 Å². The Morgan fingerprint density at radius 2 is 2.38 bits per heavy atom. The molecule has 0 unspecified atom stereocenters. The lowest BCUT2D eigenvalue weighted by Gasteiger charge is -2.25. The molecule has 4 atom stereocenters. The number of hydrogen-bond acceptors (Lipinski definition) is 4. The van der Waals surface area contributed by atoms with Gasteiger partial charge in [-0.15, -0.1) is 0 Å². The van der Waals surface area contributed by atoms with Crippen LogP contribution in [0.2, 0.25) is 0 Å². The Morgan fingerprint density at radius 3 is 3.08 bits per heavy atom. The summed E-state index contributed by atoms with van der Waals surface area (Å²) in [7, 11) is 0. The lowest BCUT2D eigenvalue weighted by Crippen LogP contribution is -2.44. The van der Waals surface area contributed by atoms with Gasteiger partial charge in [0, 0.05) is 11.8 Å². The standard InChI is InChI=1S/C9H8O4/c10-4-9-6-2-1-5(3-6)7(9)12-8(11)13-9/h1-2,4-7H,3H2/t5-,6+,7-,9+/m0/s1. The molecule has 1 saturated carbocycles. The molecule has 0 aromatic heterocycles. The third-order valence-electron chi connectivity index (χ3n) is 3.20. The molecule has 0 spiro atoms. The predicted octanol–water partition coefficient (Wildman–Crippen LogP) is 0.665. The zero-order chi connectivity index (χ0) is 9.05. The van der Waals surface area contributed by atoms with Gasteiger partial charge in [-0.25, -0.2) is 4.79 Å². The molecule has 4 nitrogen and oxygen atoms in total. The molecule has 0 aromatic carbocycles. The molecule has 2 fully saturated rings. The summed E-state index contributed by atoms with van der Waals surface area (Å²) in [5.41, 5.74) is -1.00. The first-order valence-electron chi connectivity index (χ1n) is 4.30. The van der Waals surface area contributed by atoms with Gasteiger partial charge in [-0.3, -0.25) is 4.79 Å². The fourth-order valence-corrected chi connectivity index (χ4v) is 2.60. The summed E-state index contributed by atoms with van der Waals surface area (Å²) in [6, 6.07) is 0. The van der Waals surface area contributed by atoms with Crippen LogP contribution in [0.15, 0.2) is 12.2 Å². The Morgan fingerprint density at radius 1 is 1.54 bits per heavy atom. The summed E-state index contributed by atoms with van der Waals surface area (Å²) in [5, 5.41) is 0. The van der Waals surface area contributed by atoms with Crippen LogP contribution >= 0.6 is 0 Å². The van der Waals surface area contributed by atoms with E-state index in [4.69, 9.17) is 9.47 Å². The number of aldehydes is 1. The molecule has 2 bridgehead atoms.